The molecule has 0 bridgehead atoms. The molecule has 134 valence electrons. The monoisotopic (exact) mass is 434 g/mol. The number of benzene rings is 1. The van der Waals surface area contributed by atoms with E-state index in [1.807, 2.05) is 13.0 Å². The Morgan fingerprint density at radius 3 is 2.96 bits per heavy atom. The van der Waals surface area contributed by atoms with E-state index in [2.05, 4.69) is 21.0 Å². The third-order valence-corrected chi connectivity index (χ3v) is 4.40. The van der Waals surface area contributed by atoms with Crippen LogP contribution in [0.15, 0.2) is 57.6 Å². The van der Waals surface area contributed by atoms with E-state index in [0.717, 1.165) is 4.47 Å². The summed E-state index contributed by atoms with van der Waals surface area (Å²) in [5, 5.41) is 4.61. The fourth-order valence-electron chi connectivity index (χ4n) is 2.34. The van der Waals surface area contributed by atoms with Crippen molar-refractivity contribution in [3.8, 4) is 5.75 Å². The summed E-state index contributed by atoms with van der Waals surface area (Å²) in [6.07, 6.45) is 4.71. The molecule has 3 rings (SSSR count). The van der Waals surface area contributed by atoms with Crippen LogP contribution in [-0.4, -0.2) is 15.6 Å². The molecule has 0 aliphatic carbocycles. The number of ether oxygens (including phenoxy) is 1. The highest BCUT2D eigenvalue weighted by molar-refractivity contribution is 9.10. The molecule has 0 radical (unpaired) electrons. The van der Waals surface area contributed by atoms with Gasteiger partial charge in [-0.05, 0) is 55.5 Å². The van der Waals surface area contributed by atoms with Gasteiger partial charge < -0.3 is 9.15 Å². The number of hydrogen-bond acceptors (Lipinski definition) is 4. The zero-order valence-corrected chi connectivity index (χ0v) is 16.3. The lowest BCUT2D eigenvalue weighted by Crippen LogP contribution is -2.07. The highest BCUT2D eigenvalue weighted by Gasteiger charge is 2.09. The van der Waals surface area contributed by atoms with Crippen LogP contribution in [0.2, 0.25) is 5.02 Å². The van der Waals surface area contributed by atoms with Crippen molar-refractivity contribution in [2.45, 2.75) is 20.1 Å². The minimum absolute atomic E-state index is 0.125. The fourth-order valence-corrected chi connectivity index (χ4v) is 3.07. The number of furan rings is 1. The van der Waals surface area contributed by atoms with Crippen LogP contribution < -0.4 is 4.74 Å². The van der Waals surface area contributed by atoms with Crippen molar-refractivity contribution in [3.63, 3.8) is 0 Å². The van der Waals surface area contributed by atoms with E-state index in [-0.39, 0.29) is 12.4 Å². The van der Waals surface area contributed by atoms with Crippen molar-refractivity contribution < 1.29 is 13.9 Å². The van der Waals surface area contributed by atoms with E-state index in [4.69, 9.17) is 20.8 Å². The van der Waals surface area contributed by atoms with Crippen molar-refractivity contribution in [2.24, 2.45) is 0 Å². The Morgan fingerprint density at radius 2 is 2.19 bits per heavy atom. The van der Waals surface area contributed by atoms with Crippen molar-refractivity contribution in [1.29, 1.82) is 0 Å². The van der Waals surface area contributed by atoms with E-state index < -0.39 is 0 Å². The second-order valence-electron chi connectivity index (χ2n) is 5.40. The molecule has 3 aromatic rings. The molecule has 5 nitrogen and oxygen atoms in total. The number of nitrogens with zero attached hydrogens (tertiary/aromatic N) is 2. The Balaban J connectivity index is 1.61. The predicted molar refractivity (Wildman–Crippen MR) is 103 cm³/mol. The van der Waals surface area contributed by atoms with Crippen LogP contribution in [0.25, 0.3) is 6.08 Å². The number of aromatic nitrogens is 2. The zero-order valence-electron chi connectivity index (χ0n) is 14.0. The Labute approximate surface area is 164 Å². The van der Waals surface area contributed by atoms with Crippen LogP contribution in [-0.2, 0) is 13.2 Å². The van der Waals surface area contributed by atoms with Crippen LogP contribution in [0.3, 0.4) is 0 Å². The number of aryl methyl sites for hydroxylation is 1. The first kappa shape index (κ1) is 18.5. The SMILES string of the molecule is CCn1nccc1C(=O)/C=C/c1ccc(COc2ccc(Br)cc2Cl)o1. The molecule has 7 heteroatoms. The normalized spacial score (nSPS) is 11.2. The lowest BCUT2D eigenvalue weighted by Gasteiger charge is -2.06. The second kappa shape index (κ2) is 8.38. The van der Waals surface area contributed by atoms with Crippen molar-refractivity contribution >= 4 is 39.4 Å². The minimum Gasteiger partial charge on any atom is -0.484 e. The molecule has 0 saturated carbocycles. The molecule has 0 aliphatic heterocycles. The third-order valence-electron chi connectivity index (χ3n) is 3.61. The molecule has 0 fully saturated rings. The summed E-state index contributed by atoms with van der Waals surface area (Å²) in [6.45, 7) is 2.82. The summed E-state index contributed by atoms with van der Waals surface area (Å²) >= 11 is 9.47. The van der Waals surface area contributed by atoms with Gasteiger partial charge in [-0.3, -0.25) is 9.48 Å². The maximum Gasteiger partial charge on any atom is 0.203 e. The second-order valence-corrected chi connectivity index (χ2v) is 6.72. The summed E-state index contributed by atoms with van der Waals surface area (Å²) < 4.78 is 13.8. The number of halogens is 2. The number of carbonyl (C=O) groups excluding carboxylic acids is 1. The van der Waals surface area contributed by atoms with Gasteiger partial charge in [0.05, 0.1) is 5.02 Å². The topological polar surface area (TPSA) is 57.3 Å². The van der Waals surface area contributed by atoms with Gasteiger partial charge in [-0.2, -0.15) is 5.10 Å². The van der Waals surface area contributed by atoms with Crippen molar-refractivity contribution in [1.82, 2.24) is 9.78 Å². The van der Waals surface area contributed by atoms with Crippen molar-refractivity contribution in [2.75, 3.05) is 0 Å². The summed E-state index contributed by atoms with van der Waals surface area (Å²) in [5.41, 5.74) is 0.545. The standard InChI is InChI=1S/C19H16BrClN2O3/c1-2-23-17(9-10-22-23)18(24)7-6-14-4-5-15(26-14)12-25-19-8-3-13(20)11-16(19)21/h3-11H,2,12H2,1H3/b7-6+. The molecular formula is C19H16BrClN2O3. The molecule has 26 heavy (non-hydrogen) atoms. The van der Waals surface area contributed by atoms with Gasteiger partial charge in [0, 0.05) is 17.2 Å². The molecule has 0 amide bonds. The van der Waals surface area contributed by atoms with Gasteiger partial charge in [0.25, 0.3) is 0 Å². The van der Waals surface area contributed by atoms with Gasteiger partial charge in [0.15, 0.2) is 0 Å². The fraction of sp³-hybridized carbons (Fsp3) is 0.158. The minimum atomic E-state index is -0.125. The van der Waals surface area contributed by atoms with Crippen molar-refractivity contribution in [3.05, 3.63) is 75.4 Å². The highest BCUT2D eigenvalue weighted by Crippen LogP contribution is 2.28. The predicted octanol–water partition coefficient (Wildman–Crippen LogP) is 5.39. The Hall–Kier alpha value is -2.31. The largest absolute Gasteiger partial charge is 0.484 e. The van der Waals surface area contributed by atoms with Crippen LogP contribution in [0, 0.1) is 0 Å². The van der Waals surface area contributed by atoms with Crippen LogP contribution >= 0.6 is 27.5 Å². The summed E-state index contributed by atoms with van der Waals surface area (Å²) in [4.78, 5) is 12.2. The zero-order chi connectivity index (χ0) is 18.5. The van der Waals surface area contributed by atoms with Gasteiger partial charge in [0.2, 0.25) is 5.78 Å². The summed E-state index contributed by atoms with van der Waals surface area (Å²) in [5.74, 6) is 1.66. The first-order valence-electron chi connectivity index (χ1n) is 7.97. The van der Waals surface area contributed by atoms with E-state index in [1.165, 1.54) is 6.08 Å². The molecule has 0 saturated heterocycles. The lowest BCUT2D eigenvalue weighted by atomic mass is 10.2. The molecule has 0 spiro atoms. The summed E-state index contributed by atoms with van der Waals surface area (Å²) in [7, 11) is 0. The molecule has 2 heterocycles. The quantitative estimate of drug-likeness (QED) is 0.369. The van der Waals surface area contributed by atoms with E-state index >= 15 is 0 Å². The van der Waals surface area contributed by atoms with Gasteiger partial charge in [0.1, 0.15) is 29.6 Å². The van der Waals surface area contributed by atoms with Crippen LogP contribution in [0.1, 0.15) is 28.9 Å². The molecule has 0 unspecified atom stereocenters. The number of allylic oxidation sites excluding steroid dienone is 1. The first-order valence-corrected chi connectivity index (χ1v) is 9.14. The molecule has 2 aromatic heterocycles. The third kappa shape index (κ3) is 4.45. The maximum absolute atomic E-state index is 12.2. The van der Waals surface area contributed by atoms with Gasteiger partial charge in [-0.15, -0.1) is 0 Å². The molecule has 0 N–H and O–H groups in total. The van der Waals surface area contributed by atoms with E-state index in [9.17, 15) is 4.79 Å². The number of rotatable bonds is 7. The van der Waals surface area contributed by atoms with Crippen LogP contribution in [0.5, 0.6) is 5.75 Å². The first-order chi connectivity index (χ1) is 12.6. The van der Waals surface area contributed by atoms with E-state index in [0.29, 0.717) is 34.5 Å². The molecule has 0 aliphatic rings. The Morgan fingerprint density at radius 1 is 1.35 bits per heavy atom. The average molecular weight is 436 g/mol. The maximum atomic E-state index is 12.2. The van der Waals surface area contributed by atoms with Crippen LogP contribution in [0.4, 0.5) is 0 Å². The smallest absolute Gasteiger partial charge is 0.203 e. The van der Waals surface area contributed by atoms with E-state index in [1.54, 1.807) is 47.3 Å². The molecule has 1 aromatic carbocycles. The average Bonchev–Trinajstić information content (AvgIpc) is 3.28. The highest BCUT2D eigenvalue weighted by atomic mass is 79.9. The van der Waals surface area contributed by atoms with Gasteiger partial charge >= 0.3 is 0 Å². The number of ketones is 1. The van der Waals surface area contributed by atoms with Gasteiger partial charge in [-0.25, -0.2) is 0 Å². The lowest BCUT2D eigenvalue weighted by molar-refractivity contribution is 0.103. The Bertz CT molecular complexity index is 946. The Kier molecular flexibility index (Phi) is 5.96. The number of hydrogen-bond donors (Lipinski definition) is 0. The molecular weight excluding hydrogens is 420 g/mol. The summed E-state index contributed by atoms with van der Waals surface area (Å²) in [6, 6.07) is 10.7. The van der Waals surface area contributed by atoms with Gasteiger partial charge in [-0.1, -0.05) is 27.5 Å². The number of carbonyl (C=O) groups is 1. The molecule has 0 atom stereocenters.